The summed E-state index contributed by atoms with van der Waals surface area (Å²) in [5.41, 5.74) is -0.649. The molecule has 0 spiro atoms. The Morgan fingerprint density at radius 1 is 0.477 bits per heavy atom. The van der Waals surface area contributed by atoms with Gasteiger partial charge in [-0.1, -0.05) is 20.3 Å². The number of rotatable bonds is 39. The number of amides is 6. The summed E-state index contributed by atoms with van der Waals surface area (Å²) in [7, 11) is -6.22. The van der Waals surface area contributed by atoms with Gasteiger partial charge in [-0.2, -0.15) is 0 Å². The van der Waals surface area contributed by atoms with Gasteiger partial charge in [-0.25, -0.2) is 9.59 Å². The van der Waals surface area contributed by atoms with Crippen molar-refractivity contribution in [2.45, 2.75) is 175 Å². The van der Waals surface area contributed by atoms with Gasteiger partial charge in [-0.15, -0.1) is 25.3 Å². The maximum atomic E-state index is 12.5. The molecule has 2 aromatic rings. The van der Waals surface area contributed by atoms with E-state index in [1.54, 1.807) is 55.4 Å². The lowest BCUT2D eigenvalue weighted by atomic mass is 9.97. The van der Waals surface area contributed by atoms with Crippen molar-refractivity contribution in [1.82, 2.24) is 20.4 Å². The molecular formula is C69H94N4O36S2. The smallest absolute Gasteiger partial charge is 0.425 e. The Balaban J connectivity index is 0.000000525. The molecule has 4 heterocycles. The minimum atomic E-state index is -3.11. The summed E-state index contributed by atoms with van der Waals surface area (Å²) in [5.74, 6) is -7.37. The van der Waals surface area contributed by atoms with E-state index in [9.17, 15) is 98.4 Å². The molecule has 0 saturated carbocycles. The number of nitrogens with zero attached hydrogens (tertiary/aromatic N) is 2. The molecule has 0 radical (unpaired) electrons. The second-order valence-corrected chi connectivity index (χ2v) is 27.8. The lowest BCUT2D eigenvalue weighted by Crippen LogP contribution is -2.61. The minimum absolute atomic E-state index is 0.00534. The molecular weight excluding hydrogens is 1520 g/mol. The van der Waals surface area contributed by atoms with Crippen LogP contribution in [0, 0.1) is 22.7 Å². The summed E-state index contributed by atoms with van der Waals surface area (Å²) in [4.78, 5) is 146. The molecule has 10 N–H and O–H groups in total. The Kier molecular flexibility index (Phi) is 40.4. The molecule has 4 aliphatic rings. The highest BCUT2D eigenvalue weighted by atomic mass is 32.2. The molecule has 6 rings (SSSR count). The third kappa shape index (κ3) is 33.9. The average Bonchev–Trinajstić information content (AvgIpc) is 0.817. The van der Waals surface area contributed by atoms with E-state index in [0.717, 1.165) is 22.0 Å². The van der Waals surface area contributed by atoms with Crippen LogP contribution in [0.4, 0.5) is 0 Å². The first-order valence-corrected chi connectivity index (χ1v) is 36.3. The van der Waals surface area contributed by atoms with Gasteiger partial charge in [0.2, 0.25) is 24.4 Å². The number of carbonyl (C=O) groups excluding carboxylic acids is 10. The molecule has 2 saturated heterocycles. The number of hydrogen-bond donors (Lipinski definition) is 10. The van der Waals surface area contributed by atoms with Crippen molar-refractivity contribution < 1.29 is 171 Å². The SMILES string of the molecule is C[C@H](CC(=O)CCCCCN1C(=O)C=CC1=O)C(=O)NCCOCCOc1cc(O[C@@H]2O[C@H](C(=O)O)[C@@H](O)[C@H](O)[C@H]2O)ccc1COC(=O)C(C)(C)C.C[C@H](CC(=O)CCN1C(=O)C=CC1=O)C(=O)NCCOCCOc1cc(O[C@@H]2O[C@H](C(=O)O)[C@@H](O)[C@H](O)[C@H]2O)ccc1COC(=O)C(C)(C)C.O=S(=O)=O.O=S(=O)=O. The van der Waals surface area contributed by atoms with Crippen LogP contribution in [0.5, 0.6) is 23.0 Å². The number of aliphatic carboxylic acids is 2. The quantitative estimate of drug-likeness (QED) is 0.0199. The number of carbonyl (C=O) groups is 12. The summed E-state index contributed by atoms with van der Waals surface area (Å²) >= 11 is 0. The number of carboxylic acid groups (broad SMARTS) is 2. The number of esters is 2. The largest absolute Gasteiger partial charge is 0.491 e. The Morgan fingerprint density at radius 2 is 0.829 bits per heavy atom. The number of ketones is 2. The molecule has 2 fully saturated rings. The van der Waals surface area contributed by atoms with E-state index in [0.29, 0.717) is 43.4 Å². The zero-order valence-corrected chi connectivity index (χ0v) is 63.5. The molecule has 0 aliphatic carbocycles. The van der Waals surface area contributed by atoms with Gasteiger partial charge in [0, 0.05) is 111 Å². The number of nitrogens with one attached hydrogen (secondary N) is 2. The first kappa shape index (κ1) is 95.6. The van der Waals surface area contributed by atoms with Crippen LogP contribution in [-0.2, 0) is 120 Å². The van der Waals surface area contributed by atoms with E-state index in [4.69, 9.17) is 72.6 Å². The second kappa shape index (κ2) is 46.9. The molecule has 4 aliphatic heterocycles. The van der Waals surface area contributed by atoms with E-state index in [-0.39, 0.29) is 150 Å². The first-order chi connectivity index (χ1) is 51.9. The average molecular weight is 1620 g/mol. The molecule has 2 aromatic carbocycles. The van der Waals surface area contributed by atoms with Crippen LogP contribution in [0.2, 0.25) is 0 Å². The number of unbranched alkanes of at least 4 members (excludes halogenated alkanes) is 2. The highest BCUT2D eigenvalue weighted by molar-refractivity contribution is 7.59. The number of imide groups is 2. The van der Waals surface area contributed by atoms with Crippen molar-refractivity contribution in [2.75, 3.05) is 65.8 Å². The predicted molar refractivity (Wildman–Crippen MR) is 372 cm³/mol. The second-order valence-electron chi connectivity index (χ2n) is 27.0. The van der Waals surface area contributed by atoms with Crippen LogP contribution in [0.3, 0.4) is 0 Å². The molecule has 40 nitrogen and oxygen atoms in total. The highest BCUT2D eigenvalue weighted by Gasteiger charge is 2.50. The molecule has 0 bridgehead atoms. The molecule has 6 amide bonds. The molecule has 0 aromatic heterocycles. The van der Waals surface area contributed by atoms with E-state index < -0.39 is 141 Å². The lowest BCUT2D eigenvalue weighted by Gasteiger charge is -2.38. The van der Waals surface area contributed by atoms with Gasteiger partial charge in [0.25, 0.3) is 23.6 Å². The third-order valence-corrected chi connectivity index (χ3v) is 15.9. The molecule has 42 heteroatoms. The number of Topliss-reactive ketones (excluding diaryl/α,β-unsaturated/α-hetero) is 2. The van der Waals surface area contributed by atoms with Gasteiger partial charge in [0.1, 0.15) is 97.6 Å². The fourth-order valence-electron chi connectivity index (χ4n) is 9.86. The van der Waals surface area contributed by atoms with E-state index in [1.165, 1.54) is 48.6 Å². The molecule has 0 unspecified atom stereocenters. The number of hydrogen-bond acceptors (Lipinski definition) is 34. The summed E-state index contributed by atoms with van der Waals surface area (Å²) in [6, 6.07) is 8.68. The summed E-state index contributed by atoms with van der Waals surface area (Å²) < 4.78 is 106. The van der Waals surface area contributed by atoms with Crippen molar-refractivity contribution in [2.24, 2.45) is 22.7 Å². The van der Waals surface area contributed by atoms with E-state index in [1.807, 2.05) is 0 Å². The standard InChI is InChI=1S/C36H50N2O15.C33H44N2O15.2O3S/c1-21(18-23(39)8-6-5-7-14-38-26(40)11-12-27(38)41)32(45)37-13-15-49-16-17-50-25-19-24(10-9-22(25)20-51-35(48)36(2,3)4)52-34-30(44)28(42)29(43)31(53-34)33(46)47;1-18(15-20(36)9-11-35-23(37)7-8-24(35)38)29(42)34-10-12-46-13-14-47-22-16-21(6-5-19(22)17-48-32(45)33(2,3)4)49-31-27(41)25(39)26(40)28(50-31)30(43)44;2*1-4(2)3/h9-12,19,21,28-31,34,42-44H,5-8,13-18,20H2,1-4H3,(H,37,45)(H,46,47);5-8,16,18,25-28,31,39-41H,9-15,17H2,1-4H3,(H,34,42)(H,43,44);;/t21-,28+,29+,30-,31+,34-;18-,25+,26+,27-,28+,31-;;/m11../s1. The van der Waals surface area contributed by atoms with Gasteiger partial charge in [-0.05, 0) is 78.6 Å². The van der Waals surface area contributed by atoms with Gasteiger partial charge in [0.15, 0.2) is 12.2 Å². The molecule has 12 atom stereocenters. The first-order valence-electron chi connectivity index (χ1n) is 34.3. The fraction of sp³-hybridized carbons (Fsp3) is 0.594. The fourth-order valence-corrected chi connectivity index (χ4v) is 9.86. The van der Waals surface area contributed by atoms with Crippen LogP contribution >= 0.6 is 0 Å². The van der Waals surface area contributed by atoms with Crippen molar-refractivity contribution in [3.63, 3.8) is 0 Å². The highest BCUT2D eigenvalue weighted by Crippen LogP contribution is 2.33. The topological polar surface area (TPSA) is 592 Å². The Labute approximate surface area is 639 Å². The minimum Gasteiger partial charge on any atom is -0.491 e. The predicted octanol–water partition coefficient (Wildman–Crippen LogP) is -1.90. The number of benzene rings is 2. The number of aliphatic hydroxyl groups excluding tert-OH is 6. The van der Waals surface area contributed by atoms with Crippen LogP contribution in [0.1, 0.15) is 111 Å². The van der Waals surface area contributed by atoms with Gasteiger partial charge >= 0.3 is 45.1 Å². The van der Waals surface area contributed by atoms with Crippen molar-refractivity contribution >= 4 is 92.1 Å². The Hall–Kier alpha value is -9.60. The Bertz CT molecular complexity index is 3780. The van der Waals surface area contributed by atoms with Crippen molar-refractivity contribution in [3.05, 3.63) is 71.8 Å². The Morgan fingerprint density at radius 3 is 1.18 bits per heavy atom. The summed E-state index contributed by atoms with van der Waals surface area (Å²) in [6.07, 6.45) is -11.2. The van der Waals surface area contributed by atoms with Crippen molar-refractivity contribution in [1.29, 1.82) is 0 Å². The zero-order valence-electron chi connectivity index (χ0n) is 61.9. The molecule has 111 heavy (non-hydrogen) atoms. The molecule has 618 valence electrons. The number of carboxylic acids is 2. The third-order valence-electron chi connectivity index (χ3n) is 15.9. The number of ether oxygens (including phenoxy) is 10. The zero-order chi connectivity index (χ0) is 83.6. The van der Waals surface area contributed by atoms with E-state index >= 15 is 0 Å². The van der Waals surface area contributed by atoms with Crippen LogP contribution in [-0.4, -0.2) is 274 Å². The van der Waals surface area contributed by atoms with Gasteiger partial charge in [-0.3, -0.25) is 57.7 Å². The van der Waals surface area contributed by atoms with Gasteiger partial charge in [0.05, 0.1) is 37.3 Å². The lowest BCUT2D eigenvalue weighted by molar-refractivity contribution is -0.271. The van der Waals surface area contributed by atoms with Crippen molar-refractivity contribution in [3.8, 4) is 23.0 Å². The van der Waals surface area contributed by atoms with Crippen LogP contribution < -0.4 is 29.6 Å². The monoisotopic (exact) mass is 1620 g/mol. The van der Waals surface area contributed by atoms with E-state index in [2.05, 4.69) is 10.6 Å². The van der Waals surface area contributed by atoms with Gasteiger partial charge < -0.3 is 98.9 Å². The normalized spacial score (nSPS) is 21.1. The maximum absolute atomic E-state index is 12.5. The summed E-state index contributed by atoms with van der Waals surface area (Å²) in [6.45, 7) is 14.1. The van der Waals surface area contributed by atoms with Crippen LogP contribution in [0.25, 0.3) is 0 Å². The van der Waals surface area contributed by atoms with Crippen LogP contribution in [0.15, 0.2) is 60.7 Å². The summed E-state index contributed by atoms with van der Waals surface area (Å²) in [5, 5.41) is 84.7. The number of aliphatic hydroxyl groups is 6. The maximum Gasteiger partial charge on any atom is 0.425 e.